The standard InChI is InChI=1S/C15H16F3N3O4/c1-25-12(23)6-10-15(24)19-4-5-21(10)7-11(22)20-9-3-2-8(16)13(17)14(9)18/h2-3,10H,4-7H2,1H3,(H,19,24)(H,20,22)/t10-/m0/s1. The molecule has 1 fully saturated rings. The monoisotopic (exact) mass is 359 g/mol. The lowest BCUT2D eigenvalue weighted by molar-refractivity contribution is -0.146. The van der Waals surface area contributed by atoms with Gasteiger partial charge in [0.05, 0.1) is 25.8 Å². The van der Waals surface area contributed by atoms with Gasteiger partial charge in [0, 0.05) is 13.1 Å². The van der Waals surface area contributed by atoms with E-state index in [2.05, 4.69) is 15.4 Å². The first-order valence-corrected chi connectivity index (χ1v) is 7.35. The Bertz CT molecular complexity index is 699. The van der Waals surface area contributed by atoms with Gasteiger partial charge in [0.1, 0.15) is 6.04 Å². The molecule has 0 radical (unpaired) electrons. The number of ether oxygens (including phenoxy) is 1. The van der Waals surface area contributed by atoms with Crippen molar-refractivity contribution in [3.05, 3.63) is 29.6 Å². The van der Waals surface area contributed by atoms with Crippen LogP contribution in [0, 0.1) is 17.5 Å². The van der Waals surface area contributed by atoms with Crippen LogP contribution in [0.2, 0.25) is 0 Å². The summed E-state index contributed by atoms with van der Waals surface area (Å²) in [4.78, 5) is 36.8. The second kappa shape index (κ2) is 7.97. The number of hydrogen-bond acceptors (Lipinski definition) is 5. The third kappa shape index (κ3) is 4.47. The van der Waals surface area contributed by atoms with Gasteiger partial charge in [0.15, 0.2) is 17.5 Å². The molecule has 1 atom stereocenters. The third-order valence-corrected chi connectivity index (χ3v) is 3.69. The fourth-order valence-corrected chi connectivity index (χ4v) is 2.41. The molecule has 1 aliphatic heterocycles. The number of nitrogens with one attached hydrogen (secondary N) is 2. The summed E-state index contributed by atoms with van der Waals surface area (Å²) in [5.41, 5.74) is -0.519. The zero-order chi connectivity index (χ0) is 18.6. The Morgan fingerprint density at radius 2 is 2.04 bits per heavy atom. The normalized spacial score (nSPS) is 17.8. The number of halogens is 3. The van der Waals surface area contributed by atoms with E-state index in [4.69, 9.17) is 0 Å². The van der Waals surface area contributed by atoms with Gasteiger partial charge in [-0.05, 0) is 12.1 Å². The second-order valence-electron chi connectivity index (χ2n) is 5.33. The number of rotatable bonds is 5. The zero-order valence-corrected chi connectivity index (χ0v) is 13.3. The van der Waals surface area contributed by atoms with Crippen molar-refractivity contribution in [3.63, 3.8) is 0 Å². The minimum absolute atomic E-state index is 0.255. The summed E-state index contributed by atoms with van der Waals surface area (Å²) >= 11 is 0. The van der Waals surface area contributed by atoms with Crippen molar-refractivity contribution < 1.29 is 32.3 Å². The summed E-state index contributed by atoms with van der Waals surface area (Å²) in [6.07, 6.45) is -0.255. The predicted molar refractivity (Wildman–Crippen MR) is 79.9 cm³/mol. The van der Waals surface area contributed by atoms with Gasteiger partial charge in [-0.3, -0.25) is 19.3 Å². The Kier molecular flexibility index (Phi) is 5.97. The van der Waals surface area contributed by atoms with Gasteiger partial charge in [0.25, 0.3) is 0 Å². The van der Waals surface area contributed by atoms with Gasteiger partial charge in [0.2, 0.25) is 11.8 Å². The molecule has 0 unspecified atom stereocenters. The molecular weight excluding hydrogens is 343 g/mol. The molecule has 10 heteroatoms. The molecule has 1 aromatic carbocycles. The molecule has 0 saturated carbocycles. The number of nitrogens with zero attached hydrogens (tertiary/aromatic N) is 1. The molecule has 7 nitrogen and oxygen atoms in total. The predicted octanol–water partition coefficient (Wildman–Crippen LogP) is 0.406. The fourth-order valence-electron chi connectivity index (χ4n) is 2.41. The number of carbonyl (C=O) groups is 3. The number of piperazine rings is 1. The van der Waals surface area contributed by atoms with Gasteiger partial charge < -0.3 is 15.4 Å². The van der Waals surface area contributed by atoms with E-state index in [1.807, 2.05) is 0 Å². The molecule has 1 aliphatic rings. The SMILES string of the molecule is COC(=O)C[C@H]1C(=O)NCCN1CC(=O)Nc1ccc(F)c(F)c1F. The maximum absolute atomic E-state index is 13.6. The summed E-state index contributed by atoms with van der Waals surface area (Å²) in [5, 5.41) is 4.68. The van der Waals surface area contributed by atoms with E-state index < -0.39 is 47.0 Å². The van der Waals surface area contributed by atoms with Crippen molar-refractivity contribution in [2.75, 3.05) is 32.1 Å². The Labute approximate surface area is 141 Å². The molecule has 136 valence electrons. The number of carbonyl (C=O) groups excluding carboxylic acids is 3. The minimum atomic E-state index is -1.70. The molecule has 0 bridgehead atoms. The largest absolute Gasteiger partial charge is 0.469 e. The van der Waals surface area contributed by atoms with Crippen LogP contribution in [0.25, 0.3) is 0 Å². The number of amides is 2. The number of hydrogen-bond donors (Lipinski definition) is 2. The highest BCUT2D eigenvalue weighted by molar-refractivity contribution is 5.93. The molecule has 2 amide bonds. The van der Waals surface area contributed by atoms with E-state index in [1.165, 1.54) is 12.0 Å². The van der Waals surface area contributed by atoms with E-state index in [0.717, 1.165) is 6.07 Å². The van der Waals surface area contributed by atoms with Gasteiger partial charge in [-0.2, -0.15) is 0 Å². The Hall–Kier alpha value is -2.62. The summed E-state index contributed by atoms with van der Waals surface area (Å²) in [6, 6.07) is 0.657. The van der Waals surface area contributed by atoms with Crippen molar-refractivity contribution in [2.45, 2.75) is 12.5 Å². The summed E-state index contributed by atoms with van der Waals surface area (Å²) in [7, 11) is 1.17. The Morgan fingerprint density at radius 3 is 2.72 bits per heavy atom. The van der Waals surface area contributed by atoms with Crippen molar-refractivity contribution in [3.8, 4) is 0 Å². The molecule has 25 heavy (non-hydrogen) atoms. The van der Waals surface area contributed by atoms with E-state index in [9.17, 15) is 27.6 Å². The van der Waals surface area contributed by atoms with Crippen LogP contribution in [0.3, 0.4) is 0 Å². The van der Waals surface area contributed by atoms with Gasteiger partial charge >= 0.3 is 5.97 Å². The van der Waals surface area contributed by atoms with Crippen LogP contribution < -0.4 is 10.6 Å². The maximum atomic E-state index is 13.6. The molecule has 2 N–H and O–H groups in total. The van der Waals surface area contributed by atoms with Gasteiger partial charge in [-0.1, -0.05) is 0 Å². The molecule has 1 aromatic rings. The van der Waals surface area contributed by atoms with E-state index >= 15 is 0 Å². The van der Waals surface area contributed by atoms with Crippen LogP contribution in [0.15, 0.2) is 12.1 Å². The van der Waals surface area contributed by atoms with Crippen LogP contribution in [-0.4, -0.2) is 55.5 Å². The summed E-state index contributed by atoms with van der Waals surface area (Å²) < 4.78 is 44.2. The lowest BCUT2D eigenvalue weighted by atomic mass is 10.1. The maximum Gasteiger partial charge on any atom is 0.307 e. The first kappa shape index (κ1) is 18.7. The highest BCUT2D eigenvalue weighted by Crippen LogP contribution is 2.19. The summed E-state index contributed by atoms with van der Waals surface area (Å²) in [5.74, 6) is -6.40. The fraction of sp³-hybridized carbons (Fsp3) is 0.400. The lowest BCUT2D eigenvalue weighted by Gasteiger charge is -2.33. The van der Waals surface area contributed by atoms with Gasteiger partial charge in [-0.15, -0.1) is 0 Å². The number of anilines is 1. The second-order valence-corrected chi connectivity index (χ2v) is 5.33. The lowest BCUT2D eigenvalue weighted by Crippen LogP contribution is -2.57. The van der Waals surface area contributed by atoms with Crippen LogP contribution in [0.4, 0.5) is 18.9 Å². The van der Waals surface area contributed by atoms with E-state index in [1.54, 1.807) is 0 Å². The Balaban J connectivity index is 2.06. The quantitative estimate of drug-likeness (QED) is 0.587. The first-order valence-electron chi connectivity index (χ1n) is 7.35. The molecular formula is C15H16F3N3O4. The number of methoxy groups -OCH3 is 1. The smallest absolute Gasteiger partial charge is 0.307 e. The average Bonchev–Trinajstić information content (AvgIpc) is 2.58. The highest BCUT2D eigenvalue weighted by Gasteiger charge is 2.33. The average molecular weight is 359 g/mol. The number of esters is 1. The van der Waals surface area contributed by atoms with Crippen LogP contribution in [0.1, 0.15) is 6.42 Å². The minimum Gasteiger partial charge on any atom is -0.469 e. The number of benzene rings is 1. The van der Waals surface area contributed by atoms with Gasteiger partial charge in [-0.25, -0.2) is 13.2 Å². The third-order valence-electron chi connectivity index (χ3n) is 3.69. The first-order chi connectivity index (χ1) is 11.8. The highest BCUT2D eigenvalue weighted by atomic mass is 19.2. The Morgan fingerprint density at radius 1 is 1.32 bits per heavy atom. The van der Waals surface area contributed by atoms with Crippen molar-refractivity contribution >= 4 is 23.5 Å². The molecule has 2 rings (SSSR count). The van der Waals surface area contributed by atoms with Crippen LogP contribution in [-0.2, 0) is 19.1 Å². The van der Waals surface area contributed by atoms with Crippen molar-refractivity contribution in [2.24, 2.45) is 0 Å². The van der Waals surface area contributed by atoms with E-state index in [0.29, 0.717) is 6.07 Å². The molecule has 1 heterocycles. The van der Waals surface area contributed by atoms with E-state index in [-0.39, 0.29) is 26.1 Å². The topological polar surface area (TPSA) is 87.7 Å². The molecule has 0 spiro atoms. The molecule has 0 aliphatic carbocycles. The summed E-state index contributed by atoms with van der Waals surface area (Å²) in [6.45, 7) is 0.206. The zero-order valence-electron chi connectivity index (χ0n) is 13.3. The molecule has 0 aromatic heterocycles. The van der Waals surface area contributed by atoms with Crippen molar-refractivity contribution in [1.29, 1.82) is 0 Å². The van der Waals surface area contributed by atoms with Crippen molar-refractivity contribution in [1.82, 2.24) is 10.2 Å². The molecule has 1 saturated heterocycles. The van der Waals surface area contributed by atoms with Crippen LogP contribution >= 0.6 is 0 Å². The van der Waals surface area contributed by atoms with Crippen LogP contribution in [0.5, 0.6) is 0 Å².